The van der Waals surface area contributed by atoms with E-state index in [4.69, 9.17) is 7.85 Å². The van der Waals surface area contributed by atoms with Crippen molar-refractivity contribution in [2.75, 3.05) is 0 Å². The normalized spacial score (nSPS) is 39.6. The van der Waals surface area contributed by atoms with Crippen molar-refractivity contribution in [2.45, 2.75) is 97.7 Å². The van der Waals surface area contributed by atoms with Gasteiger partial charge in [-0.1, -0.05) is 80.1 Å². The molecule has 0 aliphatic heterocycles. The standard InChI is InChI=1S/C33H49B/c1-6-13-24(7-2)25(8-3)20-23(5)32-27-14-9-11-16-29(27)33(30-17-12-10-15-28(30)32)26-19-18-22(4)31(34)21-26/h6,8-9,14,20-22,24,27-33H,1,7,10-13,15-19H2,2-5H3/b23-20+,25-8-/t22?,24?,27-,28+,29+,30?,31-,32?,33?/m1/s1. The first kappa shape index (κ1) is 25.8. The van der Waals surface area contributed by atoms with Crippen LogP contribution in [-0.4, -0.2) is 7.85 Å². The molecule has 2 saturated carbocycles. The average Bonchev–Trinajstić information content (AvgIpc) is 2.86. The van der Waals surface area contributed by atoms with Crippen LogP contribution in [0.1, 0.15) is 91.9 Å². The maximum Gasteiger partial charge on any atom is 0.0758 e. The lowest BCUT2D eigenvalue weighted by Gasteiger charge is -2.56. The van der Waals surface area contributed by atoms with Crippen molar-refractivity contribution >= 4 is 7.85 Å². The molecule has 1 heteroatoms. The fourth-order valence-corrected chi connectivity index (χ4v) is 8.45. The molecule has 4 rings (SSSR count). The highest BCUT2D eigenvalue weighted by Gasteiger charge is 2.51. The first-order valence-corrected chi connectivity index (χ1v) is 14.6. The highest BCUT2D eigenvalue weighted by atomic mass is 14.6. The molecule has 0 saturated heterocycles. The molecule has 5 unspecified atom stereocenters. The van der Waals surface area contributed by atoms with E-state index in [1.807, 2.05) is 0 Å². The molecule has 4 aliphatic rings. The van der Waals surface area contributed by atoms with Gasteiger partial charge in [-0.2, -0.15) is 0 Å². The highest BCUT2D eigenvalue weighted by Crippen LogP contribution is 2.59. The summed E-state index contributed by atoms with van der Waals surface area (Å²) in [7, 11) is 6.61. The maximum atomic E-state index is 6.61. The molecule has 184 valence electrons. The van der Waals surface area contributed by atoms with Crippen molar-refractivity contribution in [3.63, 3.8) is 0 Å². The number of hydrogen-bond donors (Lipinski definition) is 0. The Morgan fingerprint density at radius 2 is 1.91 bits per heavy atom. The monoisotopic (exact) mass is 456 g/mol. The second-order valence-electron chi connectivity index (χ2n) is 12.1. The van der Waals surface area contributed by atoms with Gasteiger partial charge in [-0.15, -0.1) is 6.58 Å². The molecule has 0 N–H and O–H groups in total. The lowest BCUT2D eigenvalue weighted by molar-refractivity contribution is -0.00273. The predicted octanol–water partition coefficient (Wildman–Crippen LogP) is 9.43. The minimum atomic E-state index is 0.260. The molecule has 0 aromatic rings. The molecule has 34 heavy (non-hydrogen) atoms. The second kappa shape index (κ2) is 11.7. The Morgan fingerprint density at radius 3 is 2.59 bits per heavy atom. The van der Waals surface area contributed by atoms with Crippen LogP contribution in [0.4, 0.5) is 0 Å². The van der Waals surface area contributed by atoms with Gasteiger partial charge in [-0.3, -0.25) is 0 Å². The third-order valence-electron chi connectivity index (χ3n) is 10.2. The van der Waals surface area contributed by atoms with Crippen molar-refractivity contribution in [3.05, 3.63) is 59.8 Å². The van der Waals surface area contributed by atoms with Crippen molar-refractivity contribution in [1.29, 1.82) is 0 Å². The molecule has 0 spiro atoms. The first-order valence-electron chi connectivity index (χ1n) is 14.6. The molecule has 0 amide bonds. The van der Waals surface area contributed by atoms with Gasteiger partial charge in [0, 0.05) is 0 Å². The number of allylic oxidation sites excluding steroid dienone is 9. The van der Waals surface area contributed by atoms with E-state index < -0.39 is 0 Å². The fraction of sp³-hybridized carbons (Fsp3) is 0.697. The van der Waals surface area contributed by atoms with Crippen LogP contribution in [0.25, 0.3) is 0 Å². The van der Waals surface area contributed by atoms with Crippen LogP contribution in [0.5, 0.6) is 0 Å². The van der Waals surface area contributed by atoms with Crippen LogP contribution in [-0.2, 0) is 0 Å². The van der Waals surface area contributed by atoms with Crippen LogP contribution < -0.4 is 0 Å². The SMILES string of the molecule is [B][C@@H]1C=C(C2C3CCCC[C@@H]3C(/C(C)=C/C(=C/C)C(CC)CC=C)[C@@H]3C=CCC[C@H]23)CCC1C. The molecule has 0 aromatic heterocycles. The van der Waals surface area contributed by atoms with Crippen LogP contribution in [0.15, 0.2) is 59.8 Å². The number of fused-ring (bicyclic) bond motifs is 2. The first-order chi connectivity index (χ1) is 16.5. The quantitative estimate of drug-likeness (QED) is 0.203. The van der Waals surface area contributed by atoms with Crippen molar-refractivity contribution in [2.24, 2.45) is 47.3 Å². The summed E-state index contributed by atoms with van der Waals surface area (Å²) in [5, 5.41) is 0. The van der Waals surface area contributed by atoms with E-state index in [0.29, 0.717) is 23.7 Å². The van der Waals surface area contributed by atoms with Gasteiger partial charge in [-0.05, 0) is 118 Å². The molecule has 0 heterocycles. The molecular formula is C33H49B. The Morgan fingerprint density at radius 1 is 1.15 bits per heavy atom. The third-order valence-corrected chi connectivity index (χ3v) is 10.2. The zero-order valence-corrected chi connectivity index (χ0v) is 22.5. The highest BCUT2D eigenvalue weighted by molar-refractivity contribution is 6.13. The van der Waals surface area contributed by atoms with E-state index in [9.17, 15) is 0 Å². The summed E-state index contributed by atoms with van der Waals surface area (Å²) >= 11 is 0. The molecule has 9 atom stereocenters. The van der Waals surface area contributed by atoms with Gasteiger partial charge < -0.3 is 0 Å². The maximum absolute atomic E-state index is 6.61. The van der Waals surface area contributed by atoms with Gasteiger partial charge in [0.15, 0.2) is 0 Å². The summed E-state index contributed by atoms with van der Waals surface area (Å²) in [6, 6.07) is 0. The molecule has 4 aliphatic carbocycles. The van der Waals surface area contributed by atoms with Gasteiger partial charge >= 0.3 is 0 Å². The molecule has 0 aromatic carbocycles. The largest absolute Gasteiger partial charge is 0.103 e. The number of rotatable bonds is 7. The Labute approximate surface area is 212 Å². The lowest BCUT2D eigenvalue weighted by atomic mass is 9.48. The van der Waals surface area contributed by atoms with Crippen LogP contribution in [0.3, 0.4) is 0 Å². The molecule has 0 nitrogen and oxygen atoms in total. The fourth-order valence-electron chi connectivity index (χ4n) is 8.45. The predicted molar refractivity (Wildman–Crippen MR) is 150 cm³/mol. The summed E-state index contributed by atoms with van der Waals surface area (Å²) in [6.07, 6.45) is 27.9. The van der Waals surface area contributed by atoms with Gasteiger partial charge in [-0.25, -0.2) is 0 Å². The van der Waals surface area contributed by atoms with E-state index in [-0.39, 0.29) is 5.82 Å². The van der Waals surface area contributed by atoms with E-state index in [0.717, 1.165) is 30.1 Å². The minimum absolute atomic E-state index is 0.260. The molecule has 2 radical (unpaired) electrons. The van der Waals surface area contributed by atoms with Crippen LogP contribution in [0.2, 0.25) is 5.82 Å². The smallest absolute Gasteiger partial charge is 0.0758 e. The van der Waals surface area contributed by atoms with E-state index in [2.05, 4.69) is 70.7 Å². The van der Waals surface area contributed by atoms with E-state index >= 15 is 0 Å². The Kier molecular flexibility index (Phi) is 8.87. The average molecular weight is 457 g/mol. The Hall–Kier alpha value is -1.24. The summed E-state index contributed by atoms with van der Waals surface area (Å²) < 4.78 is 0. The topological polar surface area (TPSA) is 0 Å². The van der Waals surface area contributed by atoms with Gasteiger partial charge in [0.1, 0.15) is 0 Å². The third kappa shape index (κ3) is 5.15. The molecule has 0 bridgehead atoms. The van der Waals surface area contributed by atoms with Crippen molar-refractivity contribution in [1.82, 2.24) is 0 Å². The number of hydrogen-bond acceptors (Lipinski definition) is 0. The second-order valence-corrected chi connectivity index (χ2v) is 12.1. The lowest BCUT2D eigenvalue weighted by Crippen LogP contribution is -2.49. The zero-order valence-electron chi connectivity index (χ0n) is 22.5. The van der Waals surface area contributed by atoms with Gasteiger partial charge in [0.25, 0.3) is 0 Å². The summed E-state index contributed by atoms with van der Waals surface area (Å²) in [6.45, 7) is 13.4. The van der Waals surface area contributed by atoms with Gasteiger partial charge in [0.05, 0.1) is 7.85 Å². The zero-order chi connectivity index (χ0) is 24.2. The van der Waals surface area contributed by atoms with Crippen molar-refractivity contribution in [3.8, 4) is 0 Å². The van der Waals surface area contributed by atoms with Crippen molar-refractivity contribution < 1.29 is 0 Å². The van der Waals surface area contributed by atoms with Crippen LogP contribution in [0, 0.1) is 47.3 Å². The Bertz CT molecular complexity index is 825. The summed E-state index contributed by atoms with van der Waals surface area (Å²) in [4.78, 5) is 0. The summed E-state index contributed by atoms with van der Waals surface area (Å²) in [5.41, 5.74) is 4.93. The van der Waals surface area contributed by atoms with E-state index in [1.165, 1.54) is 63.4 Å². The molecule has 2 fully saturated rings. The van der Waals surface area contributed by atoms with E-state index in [1.54, 1.807) is 11.1 Å². The van der Waals surface area contributed by atoms with Crippen LogP contribution >= 0.6 is 0 Å². The molecular weight excluding hydrogens is 407 g/mol. The minimum Gasteiger partial charge on any atom is -0.103 e. The summed E-state index contributed by atoms with van der Waals surface area (Å²) in [5.74, 6) is 6.15. The van der Waals surface area contributed by atoms with Gasteiger partial charge in [0.2, 0.25) is 0 Å². The Balaban J connectivity index is 1.71.